The van der Waals surface area contributed by atoms with Gasteiger partial charge in [-0.1, -0.05) is 17.9 Å². The fourth-order valence-electron chi connectivity index (χ4n) is 3.06. The number of carbonyl (C=O) groups excluding carboxylic acids is 2. The number of primary amides is 1. The number of benzene rings is 1. The van der Waals surface area contributed by atoms with E-state index >= 15 is 0 Å². The van der Waals surface area contributed by atoms with E-state index in [4.69, 9.17) is 5.73 Å². The third kappa shape index (κ3) is 3.00. The molecule has 1 aliphatic heterocycles. The summed E-state index contributed by atoms with van der Waals surface area (Å²) >= 11 is 0. The van der Waals surface area contributed by atoms with Crippen LogP contribution in [0.15, 0.2) is 36.8 Å². The minimum atomic E-state index is -0.645. The maximum atomic E-state index is 12.0. The number of carbonyl (C=O) groups is 2. The molecular formula is C19H16N6O2. The minimum Gasteiger partial charge on any atom is -0.364 e. The molecule has 2 N–H and O–H groups in total. The molecule has 8 nitrogen and oxygen atoms in total. The molecule has 1 fully saturated rings. The van der Waals surface area contributed by atoms with Gasteiger partial charge >= 0.3 is 0 Å². The SMILES string of the molecule is CN1CC[C@@H](C#Cc2cccc(-n3nc(C(N)=O)c4cncnc43)c2)C1=O. The first-order valence-corrected chi connectivity index (χ1v) is 8.40. The number of hydrogen-bond acceptors (Lipinski definition) is 5. The van der Waals surface area contributed by atoms with Crippen molar-refractivity contribution in [3.63, 3.8) is 0 Å². The molecule has 1 aromatic carbocycles. The average Bonchev–Trinajstić information content (AvgIpc) is 3.22. The van der Waals surface area contributed by atoms with Gasteiger partial charge in [0.2, 0.25) is 5.91 Å². The van der Waals surface area contributed by atoms with Crippen LogP contribution in [-0.4, -0.2) is 50.1 Å². The van der Waals surface area contributed by atoms with Crippen LogP contribution >= 0.6 is 0 Å². The highest BCUT2D eigenvalue weighted by Crippen LogP contribution is 2.20. The normalized spacial score (nSPS) is 16.4. The molecule has 1 aliphatic rings. The maximum absolute atomic E-state index is 12.0. The number of rotatable bonds is 2. The summed E-state index contributed by atoms with van der Waals surface area (Å²) in [6.07, 6.45) is 3.64. The van der Waals surface area contributed by atoms with Crippen LogP contribution in [0, 0.1) is 17.8 Å². The largest absolute Gasteiger partial charge is 0.364 e. The van der Waals surface area contributed by atoms with Gasteiger partial charge in [-0.15, -0.1) is 0 Å². The zero-order valence-electron chi connectivity index (χ0n) is 14.6. The second kappa shape index (κ2) is 6.53. The summed E-state index contributed by atoms with van der Waals surface area (Å²) in [5.74, 6) is 5.25. The molecule has 134 valence electrons. The lowest BCUT2D eigenvalue weighted by Gasteiger charge is -2.05. The van der Waals surface area contributed by atoms with Crippen molar-refractivity contribution in [3.8, 4) is 17.5 Å². The van der Waals surface area contributed by atoms with Crippen molar-refractivity contribution in [1.82, 2.24) is 24.6 Å². The van der Waals surface area contributed by atoms with Gasteiger partial charge in [0.15, 0.2) is 11.3 Å². The van der Waals surface area contributed by atoms with Crippen molar-refractivity contribution in [2.75, 3.05) is 13.6 Å². The zero-order chi connectivity index (χ0) is 19.0. The number of amides is 2. The van der Waals surface area contributed by atoms with E-state index in [9.17, 15) is 9.59 Å². The van der Waals surface area contributed by atoms with Gasteiger partial charge in [0, 0.05) is 25.4 Å². The van der Waals surface area contributed by atoms with Gasteiger partial charge in [-0.2, -0.15) is 5.10 Å². The highest BCUT2D eigenvalue weighted by atomic mass is 16.2. The molecule has 3 heterocycles. The Hall–Kier alpha value is -3.73. The Morgan fingerprint density at radius 3 is 2.96 bits per heavy atom. The van der Waals surface area contributed by atoms with E-state index in [0.29, 0.717) is 16.7 Å². The highest BCUT2D eigenvalue weighted by molar-refractivity contribution is 6.03. The van der Waals surface area contributed by atoms with Crippen molar-refractivity contribution in [2.24, 2.45) is 11.7 Å². The summed E-state index contributed by atoms with van der Waals surface area (Å²) in [5.41, 5.74) is 7.44. The lowest BCUT2D eigenvalue weighted by molar-refractivity contribution is -0.128. The van der Waals surface area contributed by atoms with Gasteiger partial charge in [0.05, 0.1) is 11.1 Å². The van der Waals surface area contributed by atoms with E-state index in [1.807, 2.05) is 24.3 Å². The van der Waals surface area contributed by atoms with Gasteiger partial charge in [0.25, 0.3) is 5.91 Å². The summed E-state index contributed by atoms with van der Waals surface area (Å²) in [6, 6.07) is 7.35. The molecule has 3 aromatic rings. The van der Waals surface area contributed by atoms with Crippen molar-refractivity contribution in [1.29, 1.82) is 0 Å². The maximum Gasteiger partial charge on any atom is 0.269 e. The number of fused-ring (bicyclic) bond motifs is 1. The number of nitrogens with two attached hydrogens (primary N) is 1. The van der Waals surface area contributed by atoms with Crippen LogP contribution < -0.4 is 5.73 Å². The van der Waals surface area contributed by atoms with Gasteiger partial charge < -0.3 is 10.6 Å². The fourth-order valence-corrected chi connectivity index (χ4v) is 3.06. The number of nitrogens with zero attached hydrogens (tertiary/aromatic N) is 5. The van der Waals surface area contributed by atoms with Crippen LogP contribution in [0.3, 0.4) is 0 Å². The van der Waals surface area contributed by atoms with E-state index in [-0.39, 0.29) is 17.5 Å². The second-order valence-corrected chi connectivity index (χ2v) is 6.31. The molecule has 27 heavy (non-hydrogen) atoms. The lowest BCUT2D eigenvalue weighted by Crippen LogP contribution is -2.21. The second-order valence-electron chi connectivity index (χ2n) is 6.31. The number of hydrogen-bond donors (Lipinski definition) is 1. The Morgan fingerprint density at radius 1 is 1.37 bits per heavy atom. The van der Waals surface area contributed by atoms with Gasteiger partial charge in [-0.25, -0.2) is 14.6 Å². The monoisotopic (exact) mass is 360 g/mol. The average molecular weight is 360 g/mol. The van der Waals surface area contributed by atoms with E-state index < -0.39 is 5.91 Å². The topological polar surface area (TPSA) is 107 Å². The first-order valence-electron chi connectivity index (χ1n) is 8.40. The first-order chi connectivity index (χ1) is 13.0. The molecule has 1 atom stereocenters. The highest BCUT2D eigenvalue weighted by Gasteiger charge is 2.27. The summed E-state index contributed by atoms with van der Waals surface area (Å²) in [6.45, 7) is 0.729. The van der Waals surface area contributed by atoms with Crippen LogP contribution in [0.1, 0.15) is 22.5 Å². The lowest BCUT2D eigenvalue weighted by atomic mass is 10.1. The zero-order valence-corrected chi connectivity index (χ0v) is 14.6. The summed E-state index contributed by atoms with van der Waals surface area (Å²) in [4.78, 5) is 33.5. The third-order valence-corrected chi connectivity index (χ3v) is 4.49. The molecule has 2 aromatic heterocycles. The van der Waals surface area contributed by atoms with E-state index in [0.717, 1.165) is 18.5 Å². The number of likely N-dealkylation sites (tertiary alicyclic amines) is 1. The molecule has 2 amide bonds. The Labute approximate surface area is 155 Å². The Morgan fingerprint density at radius 2 is 2.22 bits per heavy atom. The number of aromatic nitrogens is 4. The molecule has 0 spiro atoms. The summed E-state index contributed by atoms with van der Waals surface area (Å²) in [5, 5.41) is 4.78. The van der Waals surface area contributed by atoms with E-state index in [2.05, 4.69) is 26.9 Å². The smallest absolute Gasteiger partial charge is 0.269 e. The van der Waals surface area contributed by atoms with Crippen molar-refractivity contribution >= 4 is 22.8 Å². The van der Waals surface area contributed by atoms with Crippen LogP contribution in [0.4, 0.5) is 0 Å². The fraction of sp³-hybridized carbons (Fsp3) is 0.211. The molecule has 8 heteroatoms. The summed E-state index contributed by atoms with van der Waals surface area (Å²) in [7, 11) is 1.78. The predicted molar refractivity (Wildman–Crippen MR) is 97.8 cm³/mol. The molecule has 0 saturated carbocycles. The summed E-state index contributed by atoms with van der Waals surface area (Å²) < 4.78 is 1.54. The quantitative estimate of drug-likeness (QED) is 0.679. The predicted octanol–water partition coefficient (Wildman–Crippen LogP) is 0.744. The van der Waals surface area contributed by atoms with E-state index in [1.165, 1.54) is 17.2 Å². The molecule has 0 radical (unpaired) electrons. The van der Waals surface area contributed by atoms with Gasteiger partial charge in [-0.05, 0) is 24.6 Å². The van der Waals surface area contributed by atoms with Gasteiger partial charge in [-0.3, -0.25) is 9.59 Å². The van der Waals surface area contributed by atoms with Crippen molar-refractivity contribution in [2.45, 2.75) is 6.42 Å². The molecular weight excluding hydrogens is 344 g/mol. The van der Waals surface area contributed by atoms with Crippen molar-refractivity contribution in [3.05, 3.63) is 48.0 Å². The van der Waals surface area contributed by atoms with Crippen LogP contribution in [0.2, 0.25) is 0 Å². The molecule has 0 aliphatic carbocycles. The Bertz CT molecular complexity index is 1120. The van der Waals surface area contributed by atoms with E-state index in [1.54, 1.807) is 11.9 Å². The van der Waals surface area contributed by atoms with Crippen molar-refractivity contribution < 1.29 is 9.59 Å². The van der Waals surface area contributed by atoms with Gasteiger partial charge in [0.1, 0.15) is 12.2 Å². The minimum absolute atomic E-state index is 0.0551. The van der Waals surface area contributed by atoms with Crippen LogP contribution in [0.5, 0.6) is 0 Å². The molecule has 4 rings (SSSR count). The standard InChI is InChI=1S/C19H16N6O2/c1-24-8-7-13(19(24)27)6-5-12-3-2-4-14(9-12)25-18-15(10-21-11-22-18)16(23-25)17(20)26/h2-4,9-11,13H,7-8H2,1H3,(H2,20,26)/t13-/m1/s1. The molecule has 0 unspecified atom stereocenters. The van der Waals surface area contributed by atoms with Crippen LogP contribution in [0.25, 0.3) is 16.7 Å². The first kappa shape index (κ1) is 16.7. The Kier molecular flexibility index (Phi) is 4.05. The molecule has 0 bridgehead atoms. The third-order valence-electron chi connectivity index (χ3n) is 4.49. The molecule has 1 saturated heterocycles. The van der Waals surface area contributed by atoms with Crippen LogP contribution in [-0.2, 0) is 4.79 Å². The Balaban J connectivity index is 1.73.